The maximum absolute atomic E-state index is 12.8. The van der Waals surface area contributed by atoms with Crippen molar-refractivity contribution in [3.05, 3.63) is 47.0 Å². The van der Waals surface area contributed by atoms with Crippen LogP contribution in [0.25, 0.3) is 16.6 Å². The second-order valence-electron chi connectivity index (χ2n) is 6.95. The molecule has 0 saturated heterocycles. The normalized spacial score (nSPS) is 25.4. The SMILES string of the molecule is C=Cc1ccc(-c2nc(C3C(=O)[C@@H]4CC[C@@H](C4)C3=O)c(CC)s2)cc1. The number of hydrogen-bond donors (Lipinski definition) is 0. The van der Waals surface area contributed by atoms with Crippen molar-refractivity contribution in [3.63, 3.8) is 0 Å². The molecule has 2 aromatic rings. The summed E-state index contributed by atoms with van der Waals surface area (Å²) in [6, 6.07) is 8.05. The Morgan fingerprint density at radius 1 is 1.16 bits per heavy atom. The van der Waals surface area contributed by atoms with Crippen molar-refractivity contribution in [3.8, 4) is 10.6 Å². The Morgan fingerprint density at radius 2 is 1.80 bits per heavy atom. The van der Waals surface area contributed by atoms with Crippen LogP contribution in [0.3, 0.4) is 0 Å². The van der Waals surface area contributed by atoms with Crippen LogP contribution in [0.5, 0.6) is 0 Å². The van der Waals surface area contributed by atoms with Gasteiger partial charge in [0.1, 0.15) is 10.9 Å². The second kappa shape index (κ2) is 6.34. The Kier molecular flexibility index (Phi) is 4.16. The van der Waals surface area contributed by atoms with Crippen molar-refractivity contribution in [1.82, 2.24) is 4.98 Å². The van der Waals surface area contributed by atoms with E-state index >= 15 is 0 Å². The van der Waals surface area contributed by atoms with Gasteiger partial charge in [-0.1, -0.05) is 43.8 Å². The van der Waals surface area contributed by atoms with Crippen LogP contribution in [0.15, 0.2) is 30.8 Å². The summed E-state index contributed by atoms with van der Waals surface area (Å²) in [6.07, 6.45) is 5.10. The molecule has 25 heavy (non-hydrogen) atoms. The molecule has 1 unspecified atom stereocenters. The Bertz CT molecular complexity index is 827. The average molecular weight is 351 g/mol. The summed E-state index contributed by atoms with van der Waals surface area (Å²) in [7, 11) is 0. The zero-order valence-electron chi connectivity index (χ0n) is 14.3. The van der Waals surface area contributed by atoms with E-state index in [1.165, 1.54) is 0 Å². The van der Waals surface area contributed by atoms with Gasteiger partial charge in [0.2, 0.25) is 0 Å². The molecule has 4 rings (SSSR count). The average Bonchev–Trinajstić information content (AvgIpc) is 3.26. The first-order chi connectivity index (χ1) is 12.1. The fraction of sp³-hybridized carbons (Fsp3) is 0.381. The topological polar surface area (TPSA) is 47.0 Å². The predicted octanol–water partition coefficient (Wildman–Crippen LogP) is 4.67. The van der Waals surface area contributed by atoms with Crippen molar-refractivity contribution in [2.24, 2.45) is 11.8 Å². The van der Waals surface area contributed by atoms with E-state index in [9.17, 15) is 9.59 Å². The summed E-state index contributed by atoms with van der Waals surface area (Å²) in [5.74, 6) is -0.290. The smallest absolute Gasteiger partial charge is 0.152 e. The first kappa shape index (κ1) is 16.4. The summed E-state index contributed by atoms with van der Waals surface area (Å²) in [6.45, 7) is 5.84. The van der Waals surface area contributed by atoms with Gasteiger partial charge in [-0.05, 0) is 31.2 Å². The minimum atomic E-state index is -0.626. The van der Waals surface area contributed by atoms with Gasteiger partial charge < -0.3 is 0 Å². The number of fused-ring (bicyclic) bond motifs is 2. The number of thiazole rings is 1. The van der Waals surface area contributed by atoms with Gasteiger partial charge in [-0.3, -0.25) is 9.59 Å². The molecule has 1 aromatic carbocycles. The maximum atomic E-state index is 12.8. The molecule has 2 aliphatic carbocycles. The van der Waals surface area contributed by atoms with Gasteiger partial charge in [0.05, 0.1) is 5.69 Å². The third kappa shape index (κ3) is 2.69. The number of nitrogens with zero attached hydrogens (tertiary/aromatic N) is 1. The van der Waals surface area contributed by atoms with Crippen molar-refractivity contribution in [2.45, 2.75) is 38.5 Å². The maximum Gasteiger partial charge on any atom is 0.152 e. The van der Waals surface area contributed by atoms with E-state index in [0.29, 0.717) is 0 Å². The van der Waals surface area contributed by atoms with Gasteiger partial charge in [0.25, 0.3) is 0 Å². The molecule has 2 aliphatic rings. The lowest BCUT2D eigenvalue weighted by molar-refractivity contribution is -0.136. The van der Waals surface area contributed by atoms with Crippen molar-refractivity contribution in [1.29, 1.82) is 0 Å². The molecule has 0 N–H and O–H groups in total. The van der Waals surface area contributed by atoms with Crippen molar-refractivity contribution in [2.75, 3.05) is 0 Å². The van der Waals surface area contributed by atoms with Gasteiger partial charge in [0.15, 0.2) is 11.6 Å². The zero-order valence-corrected chi connectivity index (χ0v) is 15.1. The summed E-state index contributed by atoms with van der Waals surface area (Å²) in [5.41, 5.74) is 2.81. The largest absolute Gasteiger partial charge is 0.298 e. The van der Waals surface area contributed by atoms with Crippen molar-refractivity contribution >= 4 is 29.0 Å². The molecule has 1 heterocycles. The first-order valence-electron chi connectivity index (χ1n) is 8.92. The molecule has 2 bridgehead atoms. The van der Waals surface area contributed by atoms with E-state index < -0.39 is 5.92 Å². The molecule has 1 aromatic heterocycles. The second-order valence-corrected chi connectivity index (χ2v) is 8.04. The molecule has 0 spiro atoms. The Morgan fingerprint density at radius 3 is 2.36 bits per heavy atom. The highest BCUT2D eigenvalue weighted by Gasteiger charge is 2.48. The predicted molar refractivity (Wildman–Crippen MR) is 101 cm³/mol. The molecule has 3 atom stereocenters. The van der Waals surface area contributed by atoms with Gasteiger partial charge in [-0.2, -0.15) is 0 Å². The number of hydrogen-bond acceptors (Lipinski definition) is 4. The molecule has 128 valence electrons. The lowest BCUT2D eigenvalue weighted by atomic mass is 9.77. The van der Waals surface area contributed by atoms with Gasteiger partial charge in [-0.15, -0.1) is 11.3 Å². The Labute approximate surface area is 151 Å². The number of carbonyl (C=O) groups is 2. The summed E-state index contributed by atoms with van der Waals surface area (Å²) in [5, 5.41) is 0.890. The van der Waals surface area contributed by atoms with Crippen LogP contribution < -0.4 is 0 Å². The Hall–Kier alpha value is -2.07. The molecular formula is C21H21NO2S. The lowest BCUT2D eigenvalue weighted by Gasteiger charge is -2.24. The summed E-state index contributed by atoms with van der Waals surface area (Å²) >= 11 is 1.61. The van der Waals surface area contributed by atoms with Crippen LogP contribution in [-0.2, 0) is 16.0 Å². The van der Waals surface area contributed by atoms with Crippen LogP contribution in [0.4, 0.5) is 0 Å². The molecule has 2 fully saturated rings. The minimum absolute atomic E-state index is 0.0643. The van der Waals surface area contributed by atoms with Crippen LogP contribution >= 0.6 is 11.3 Å². The lowest BCUT2D eigenvalue weighted by Crippen LogP contribution is -2.35. The fourth-order valence-corrected chi connectivity index (χ4v) is 5.15. The summed E-state index contributed by atoms with van der Waals surface area (Å²) < 4.78 is 0. The molecule has 0 radical (unpaired) electrons. The highest BCUT2D eigenvalue weighted by Crippen LogP contribution is 2.45. The number of aryl methyl sites for hydroxylation is 1. The molecule has 2 saturated carbocycles. The van der Waals surface area contributed by atoms with E-state index in [0.717, 1.165) is 52.4 Å². The number of rotatable bonds is 4. The Balaban J connectivity index is 1.74. The summed E-state index contributed by atoms with van der Waals surface area (Å²) in [4.78, 5) is 31.5. The third-order valence-corrected chi connectivity index (χ3v) is 6.79. The minimum Gasteiger partial charge on any atom is -0.298 e. The van der Waals surface area contributed by atoms with Crippen LogP contribution in [0.2, 0.25) is 0 Å². The number of Topliss-reactive ketones (excluding diaryl/α,β-unsaturated/α-hetero) is 2. The third-order valence-electron chi connectivity index (χ3n) is 5.52. The number of carbonyl (C=O) groups excluding carboxylic acids is 2. The molecule has 0 amide bonds. The van der Waals surface area contributed by atoms with E-state index in [1.807, 2.05) is 30.3 Å². The number of ketones is 2. The van der Waals surface area contributed by atoms with Crippen LogP contribution in [0, 0.1) is 11.8 Å². The molecule has 4 heteroatoms. The molecule has 0 aliphatic heterocycles. The highest BCUT2D eigenvalue weighted by atomic mass is 32.1. The van der Waals surface area contributed by atoms with Crippen LogP contribution in [0.1, 0.15) is 48.2 Å². The van der Waals surface area contributed by atoms with Crippen LogP contribution in [-0.4, -0.2) is 16.6 Å². The fourth-order valence-electron chi connectivity index (χ4n) is 4.11. The number of benzene rings is 1. The van der Waals surface area contributed by atoms with Gasteiger partial charge >= 0.3 is 0 Å². The monoisotopic (exact) mass is 351 g/mol. The van der Waals surface area contributed by atoms with E-state index in [1.54, 1.807) is 11.3 Å². The first-order valence-corrected chi connectivity index (χ1v) is 9.74. The van der Waals surface area contributed by atoms with Crippen molar-refractivity contribution < 1.29 is 9.59 Å². The van der Waals surface area contributed by atoms with E-state index in [4.69, 9.17) is 4.98 Å². The quantitative estimate of drug-likeness (QED) is 0.752. The molecular weight excluding hydrogens is 330 g/mol. The van der Waals surface area contributed by atoms with E-state index in [-0.39, 0.29) is 23.4 Å². The molecule has 3 nitrogen and oxygen atoms in total. The van der Waals surface area contributed by atoms with Gasteiger partial charge in [-0.25, -0.2) is 4.98 Å². The number of aromatic nitrogens is 1. The standard InChI is InChI=1S/C21H21NO2S/c1-3-12-5-7-13(8-6-12)21-22-18(16(4-2)25-21)17-19(23)14-9-10-15(11-14)20(17)24/h3,5-8,14-15,17H,1,4,9-11H2,2H3/t14-,15+,17?. The zero-order chi connectivity index (χ0) is 17.6. The van der Waals surface area contributed by atoms with Gasteiger partial charge in [0, 0.05) is 22.3 Å². The highest BCUT2D eigenvalue weighted by molar-refractivity contribution is 7.15. The van der Waals surface area contributed by atoms with E-state index in [2.05, 4.69) is 13.5 Å².